The van der Waals surface area contributed by atoms with E-state index >= 15 is 0 Å². The lowest BCUT2D eigenvalue weighted by Gasteiger charge is -2.19. The van der Waals surface area contributed by atoms with Crippen molar-refractivity contribution >= 4 is 0 Å². The fourth-order valence-electron chi connectivity index (χ4n) is 1.66. The van der Waals surface area contributed by atoms with Gasteiger partial charge in [0.2, 0.25) is 5.88 Å². The highest BCUT2D eigenvalue weighted by molar-refractivity contribution is 5.09. The number of ether oxygens (including phenoxy) is 1. The van der Waals surface area contributed by atoms with Crippen molar-refractivity contribution in [1.29, 1.82) is 0 Å². The highest BCUT2D eigenvalue weighted by Gasteiger charge is 2.13. The van der Waals surface area contributed by atoms with Gasteiger partial charge in [-0.15, -0.1) is 0 Å². The number of likely N-dealkylation sites (N-methyl/N-ethyl adjacent to an activating group) is 1. The third-order valence-electron chi connectivity index (χ3n) is 2.72. The minimum atomic E-state index is 0.422. The number of aromatic nitrogens is 2. The molecular weight excluding hydrogens is 214 g/mol. The minimum Gasteiger partial charge on any atom is -0.477 e. The van der Waals surface area contributed by atoms with Crippen molar-refractivity contribution in [3.63, 3.8) is 0 Å². The fraction of sp³-hybridized carbons (Fsp3) is 0.692. The van der Waals surface area contributed by atoms with Crippen LogP contribution in [0.15, 0.2) is 12.4 Å². The van der Waals surface area contributed by atoms with E-state index in [9.17, 15) is 0 Å². The first-order valence-corrected chi connectivity index (χ1v) is 6.28. The van der Waals surface area contributed by atoms with Gasteiger partial charge in [0, 0.05) is 18.7 Å². The smallest absolute Gasteiger partial charge is 0.232 e. The maximum Gasteiger partial charge on any atom is 0.232 e. The van der Waals surface area contributed by atoms with Gasteiger partial charge in [0.05, 0.1) is 18.5 Å². The largest absolute Gasteiger partial charge is 0.477 e. The summed E-state index contributed by atoms with van der Waals surface area (Å²) in [7, 11) is 1.98. The Morgan fingerprint density at radius 1 is 1.35 bits per heavy atom. The molecule has 4 heteroatoms. The molecule has 0 aliphatic heterocycles. The Balaban J connectivity index is 2.64. The zero-order chi connectivity index (χ0) is 12.7. The summed E-state index contributed by atoms with van der Waals surface area (Å²) in [5.74, 6) is 1.20. The molecule has 0 saturated heterocycles. The van der Waals surface area contributed by atoms with Gasteiger partial charge >= 0.3 is 0 Å². The molecule has 0 spiro atoms. The van der Waals surface area contributed by atoms with Gasteiger partial charge in [-0.05, 0) is 19.4 Å². The lowest BCUT2D eigenvalue weighted by Crippen LogP contribution is -2.33. The minimum absolute atomic E-state index is 0.422. The van der Waals surface area contributed by atoms with Crippen molar-refractivity contribution in [2.24, 2.45) is 5.92 Å². The number of hydrogen-bond acceptors (Lipinski definition) is 4. The van der Waals surface area contributed by atoms with Crippen LogP contribution in [0, 0.1) is 5.92 Å². The molecule has 0 aliphatic rings. The summed E-state index contributed by atoms with van der Waals surface area (Å²) in [6.07, 6.45) is 5.34. The van der Waals surface area contributed by atoms with Crippen molar-refractivity contribution in [3.8, 4) is 5.88 Å². The summed E-state index contributed by atoms with van der Waals surface area (Å²) >= 11 is 0. The van der Waals surface area contributed by atoms with Gasteiger partial charge in [-0.25, -0.2) is 4.98 Å². The maximum atomic E-state index is 5.48. The third-order valence-corrected chi connectivity index (χ3v) is 2.72. The zero-order valence-electron chi connectivity index (χ0n) is 11.2. The maximum absolute atomic E-state index is 5.48. The second kappa shape index (κ2) is 7.22. The summed E-state index contributed by atoms with van der Waals surface area (Å²) in [6, 6.07) is 0.422. The first kappa shape index (κ1) is 13.9. The van der Waals surface area contributed by atoms with Crippen molar-refractivity contribution in [3.05, 3.63) is 18.1 Å². The summed E-state index contributed by atoms with van der Waals surface area (Å²) in [5, 5.41) is 3.30. The van der Waals surface area contributed by atoms with Crippen LogP contribution in [-0.2, 0) is 6.42 Å². The van der Waals surface area contributed by atoms with Crippen LogP contribution >= 0.6 is 0 Å². The van der Waals surface area contributed by atoms with Crippen molar-refractivity contribution in [2.45, 2.75) is 39.7 Å². The molecule has 0 saturated carbocycles. The van der Waals surface area contributed by atoms with Crippen molar-refractivity contribution < 1.29 is 4.74 Å². The van der Waals surface area contributed by atoms with Gasteiger partial charge < -0.3 is 10.1 Å². The fourth-order valence-corrected chi connectivity index (χ4v) is 1.66. The lowest BCUT2D eigenvalue weighted by atomic mass is 10.00. The Labute approximate surface area is 104 Å². The molecule has 1 aromatic heterocycles. The summed E-state index contributed by atoms with van der Waals surface area (Å²) in [5.41, 5.74) is 0.978. The highest BCUT2D eigenvalue weighted by atomic mass is 16.5. The van der Waals surface area contributed by atoms with Crippen molar-refractivity contribution in [1.82, 2.24) is 15.3 Å². The van der Waals surface area contributed by atoms with Crippen LogP contribution < -0.4 is 10.1 Å². The summed E-state index contributed by atoms with van der Waals surface area (Å²) < 4.78 is 5.48. The standard InChI is InChI=1S/C13H23N3O/c1-5-6-17-13-9-15-8-11(16-13)7-12(14-4)10(2)3/h8-10,12,14H,5-7H2,1-4H3. The molecule has 96 valence electrons. The molecule has 1 heterocycles. The molecule has 0 aromatic carbocycles. The lowest BCUT2D eigenvalue weighted by molar-refractivity contribution is 0.302. The highest BCUT2D eigenvalue weighted by Crippen LogP contribution is 2.11. The molecule has 0 radical (unpaired) electrons. The quantitative estimate of drug-likeness (QED) is 0.788. The molecule has 1 aromatic rings. The van der Waals surface area contributed by atoms with E-state index in [4.69, 9.17) is 4.74 Å². The topological polar surface area (TPSA) is 47.0 Å². The molecule has 0 bridgehead atoms. The molecule has 4 nitrogen and oxygen atoms in total. The molecule has 1 rings (SSSR count). The van der Waals surface area contributed by atoms with E-state index in [1.54, 1.807) is 6.20 Å². The molecule has 0 aliphatic carbocycles. The van der Waals surface area contributed by atoms with Gasteiger partial charge in [0.15, 0.2) is 0 Å². The van der Waals surface area contributed by atoms with Crippen LogP contribution in [0.4, 0.5) is 0 Å². The van der Waals surface area contributed by atoms with Crippen LogP contribution in [-0.4, -0.2) is 29.7 Å². The van der Waals surface area contributed by atoms with E-state index in [0.717, 1.165) is 18.5 Å². The molecule has 1 atom stereocenters. The first-order valence-electron chi connectivity index (χ1n) is 6.28. The molecule has 17 heavy (non-hydrogen) atoms. The van der Waals surface area contributed by atoms with E-state index in [1.807, 2.05) is 13.2 Å². The molecule has 1 unspecified atom stereocenters. The number of nitrogens with zero attached hydrogens (tertiary/aromatic N) is 2. The Morgan fingerprint density at radius 3 is 2.71 bits per heavy atom. The predicted octanol–water partition coefficient (Wildman–Crippen LogP) is 2.05. The third kappa shape index (κ3) is 4.69. The Hall–Kier alpha value is -1.16. The normalized spacial score (nSPS) is 12.8. The monoisotopic (exact) mass is 237 g/mol. The average molecular weight is 237 g/mol. The van der Waals surface area contributed by atoms with Crippen LogP contribution in [0.1, 0.15) is 32.9 Å². The van der Waals surface area contributed by atoms with E-state index < -0.39 is 0 Å². The molecular formula is C13H23N3O. The van der Waals surface area contributed by atoms with E-state index in [0.29, 0.717) is 24.4 Å². The molecule has 0 amide bonds. The average Bonchev–Trinajstić information content (AvgIpc) is 2.33. The molecule has 1 N–H and O–H groups in total. The van der Waals surface area contributed by atoms with Crippen LogP contribution in [0.2, 0.25) is 0 Å². The van der Waals surface area contributed by atoms with Crippen LogP contribution in [0.25, 0.3) is 0 Å². The second-order valence-electron chi connectivity index (χ2n) is 4.54. The van der Waals surface area contributed by atoms with E-state index in [1.165, 1.54) is 0 Å². The first-order chi connectivity index (χ1) is 8.17. The summed E-state index contributed by atoms with van der Waals surface area (Å²) in [4.78, 5) is 8.62. The Bertz CT molecular complexity index is 328. The number of nitrogens with one attached hydrogen (secondary N) is 1. The van der Waals surface area contributed by atoms with Gasteiger partial charge in [0.1, 0.15) is 0 Å². The van der Waals surface area contributed by atoms with E-state index in [2.05, 4.69) is 36.1 Å². The van der Waals surface area contributed by atoms with Gasteiger partial charge in [-0.1, -0.05) is 20.8 Å². The van der Waals surface area contributed by atoms with Crippen LogP contribution in [0.5, 0.6) is 5.88 Å². The van der Waals surface area contributed by atoms with Gasteiger partial charge in [-0.3, -0.25) is 4.98 Å². The second-order valence-corrected chi connectivity index (χ2v) is 4.54. The Morgan fingerprint density at radius 2 is 2.12 bits per heavy atom. The SMILES string of the molecule is CCCOc1cncc(CC(NC)C(C)C)n1. The van der Waals surface area contributed by atoms with Gasteiger partial charge in [0.25, 0.3) is 0 Å². The number of rotatable bonds is 7. The summed E-state index contributed by atoms with van der Waals surface area (Å²) in [6.45, 7) is 7.17. The zero-order valence-corrected chi connectivity index (χ0v) is 11.2. The van der Waals surface area contributed by atoms with Crippen molar-refractivity contribution in [2.75, 3.05) is 13.7 Å². The van der Waals surface area contributed by atoms with E-state index in [-0.39, 0.29) is 0 Å². The van der Waals surface area contributed by atoms with Crippen LogP contribution in [0.3, 0.4) is 0 Å². The number of hydrogen-bond donors (Lipinski definition) is 1. The predicted molar refractivity (Wildman–Crippen MR) is 69.2 cm³/mol. The molecule has 0 fully saturated rings. The van der Waals surface area contributed by atoms with Gasteiger partial charge in [-0.2, -0.15) is 0 Å². The Kier molecular flexibility index (Phi) is 5.91.